The Morgan fingerprint density at radius 1 is 0.409 bits per heavy atom. The zero-order valence-corrected chi connectivity index (χ0v) is 64.5. The number of rotatable bonds is 68. The van der Waals surface area contributed by atoms with Crippen LogP contribution in [0.3, 0.4) is 0 Å². The van der Waals surface area contributed by atoms with Gasteiger partial charge in [-0.1, -0.05) is 45.4 Å². The van der Waals surface area contributed by atoms with Gasteiger partial charge in [0.15, 0.2) is 24.7 Å². The standard InChI is InChI=1S/C71H136N8O31/c1-2-24-106-71(18-11-12-19-71)107-31-23-78-53(83)13-9-7-5-3-4-6-8-10-14-57(87)79-70(47-100-25-15-54(84)75-20-28-94-32-35-97-38-41-103-67-58(72)64(91)61(88)50(44-80)108-67,48-101-26-16-55(85)76-21-29-95-33-36-98-39-42-104-68-59(73)65(92)62(89)51(45-81)109-68)49-102-27-17-56(86)77-22-30-96-34-37-99-40-43-105-69-60(74)66(93)63(90)52(46-82)110-69/h50-52,54,58-69,75,80-82,84,88-93H,2-49,72-74H2,1H3,(H,76,85)(H,77,86)(H,78,83)(H,79,87). The van der Waals surface area contributed by atoms with E-state index in [1.807, 2.05) is 0 Å². The number of carbonyl (C=O) groups is 4. The molecule has 4 fully saturated rings. The molecule has 1 saturated carbocycles. The molecule has 39 nitrogen and oxygen atoms in total. The van der Waals surface area contributed by atoms with E-state index in [9.17, 15) is 70.2 Å². The Bertz CT molecular complexity index is 2260. The van der Waals surface area contributed by atoms with E-state index < -0.39 is 129 Å². The van der Waals surface area contributed by atoms with Gasteiger partial charge < -0.3 is 170 Å². The minimum Gasteiger partial charge on any atom is -0.394 e. The van der Waals surface area contributed by atoms with Crippen molar-refractivity contribution >= 4 is 23.6 Å². The molecule has 0 radical (unpaired) electrons. The summed E-state index contributed by atoms with van der Waals surface area (Å²) in [6.07, 6.45) is -3.13. The molecule has 0 aromatic carbocycles. The normalized spacial score (nSPS) is 26.3. The summed E-state index contributed by atoms with van der Waals surface area (Å²) in [6.45, 7) is 4.25. The van der Waals surface area contributed by atoms with Gasteiger partial charge in [0.2, 0.25) is 23.6 Å². The number of ether oxygens (including phenoxy) is 17. The molecular formula is C71H136N8O31. The van der Waals surface area contributed by atoms with E-state index in [4.69, 9.17) is 97.7 Å². The lowest BCUT2D eigenvalue weighted by Gasteiger charge is -2.40. The van der Waals surface area contributed by atoms with Crippen molar-refractivity contribution in [3.8, 4) is 0 Å². The molecule has 4 aliphatic rings. The number of nitrogens with one attached hydrogen (secondary N) is 5. The Morgan fingerprint density at radius 3 is 1.15 bits per heavy atom. The van der Waals surface area contributed by atoms with Gasteiger partial charge in [-0.3, -0.25) is 24.5 Å². The number of aliphatic hydroxyl groups excluding tert-OH is 10. The second-order valence-corrected chi connectivity index (χ2v) is 27.6. The van der Waals surface area contributed by atoms with Crippen LogP contribution in [0.5, 0.6) is 0 Å². The maximum Gasteiger partial charge on any atom is 0.222 e. The average molecular weight is 1600 g/mol. The largest absolute Gasteiger partial charge is 0.394 e. The van der Waals surface area contributed by atoms with Crippen molar-refractivity contribution in [3.05, 3.63) is 0 Å². The predicted molar refractivity (Wildman–Crippen MR) is 390 cm³/mol. The average Bonchev–Trinajstić information content (AvgIpc) is 1.06. The third-order valence-corrected chi connectivity index (χ3v) is 18.5. The van der Waals surface area contributed by atoms with Gasteiger partial charge >= 0.3 is 0 Å². The summed E-state index contributed by atoms with van der Waals surface area (Å²) in [7, 11) is 0. The summed E-state index contributed by atoms with van der Waals surface area (Å²) < 4.78 is 96.9. The number of hydrogen-bond acceptors (Lipinski definition) is 35. The Hall–Kier alpha value is -3.36. The van der Waals surface area contributed by atoms with E-state index in [0.29, 0.717) is 32.6 Å². The van der Waals surface area contributed by atoms with Crippen LogP contribution in [0.1, 0.15) is 122 Å². The summed E-state index contributed by atoms with van der Waals surface area (Å²) in [6, 6.07) is -3.10. The zero-order valence-electron chi connectivity index (χ0n) is 64.5. The summed E-state index contributed by atoms with van der Waals surface area (Å²) in [5.41, 5.74) is 16.4. The number of carbonyl (C=O) groups excluding carboxylic acids is 4. The summed E-state index contributed by atoms with van der Waals surface area (Å²) >= 11 is 0. The molecule has 16 unspecified atom stereocenters. The quantitative estimate of drug-likeness (QED) is 0.0199. The van der Waals surface area contributed by atoms with Crippen LogP contribution < -0.4 is 43.8 Å². The van der Waals surface area contributed by atoms with Crippen molar-refractivity contribution in [3.63, 3.8) is 0 Å². The first-order valence-corrected chi connectivity index (χ1v) is 39.2. The van der Waals surface area contributed by atoms with Crippen LogP contribution in [0.4, 0.5) is 0 Å². The molecule has 0 bridgehead atoms. The van der Waals surface area contributed by atoms with E-state index in [2.05, 4.69) is 33.5 Å². The van der Waals surface area contributed by atoms with Gasteiger partial charge in [0.25, 0.3) is 0 Å². The Morgan fingerprint density at radius 2 is 0.745 bits per heavy atom. The van der Waals surface area contributed by atoms with Crippen molar-refractivity contribution in [2.75, 3.05) is 198 Å². The van der Waals surface area contributed by atoms with Crippen LogP contribution in [0.2, 0.25) is 0 Å². The fraction of sp³-hybridized carbons (Fsp3) is 0.944. The van der Waals surface area contributed by atoms with Crippen molar-refractivity contribution in [1.29, 1.82) is 0 Å². The summed E-state index contributed by atoms with van der Waals surface area (Å²) in [5, 5.41) is 114. The smallest absolute Gasteiger partial charge is 0.222 e. The molecule has 110 heavy (non-hydrogen) atoms. The van der Waals surface area contributed by atoms with Gasteiger partial charge in [0.05, 0.1) is 183 Å². The molecule has 3 saturated heterocycles. The molecule has 0 aromatic rings. The van der Waals surface area contributed by atoms with Crippen LogP contribution in [-0.2, 0) is 99.7 Å². The zero-order chi connectivity index (χ0) is 80.0. The fourth-order valence-corrected chi connectivity index (χ4v) is 12.1. The van der Waals surface area contributed by atoms with Crippen molar-refractivity contribution in [2.45, 2.75) is 232 Å². The number of aliphatic hydroxyl groups is 10. The number of hydrogen-bond donors (Lipinski definition) is 18. The first kappa shape index (κ1) is 99.0. The second kappa shape index (κ2) is 60.2. The number of nitrogens with two attached hydrogens (primary N) is 3. The van der Waals surface area contributed by atoms with Gasteiger partial charge in [-0.15, -0.1) is 0 Å². The molecule has 1 aliphatic carbocycles. The van der Waals surface area contributed by atoms with Gasteiger partial charge in [-0.05, 0) is 32.1 Å². The highest BCUT2D eigenvalue weighted by Crippen LogP contribution is 2.34. The Kier molecular flexibility index (Phi) is 54.2. The Balaban J connectivity index is 1.24. The molecule has 4 amide bonds. The van der Waals surface area contributed by atoms with Crippen molar-refractivity contribution in [2.24, 2.45) is 17.2 Å². The Labute approximate surface area is 646 Å². The lowest BCUT2D eigenvalue weighted by molar-refractivity contribution is -0.267. The minimum absolute atomic E-state index is 0.00651. The molecule has 3 aliphatic heterocycles. The molecule has 646 valence electrons. The van der Waals surface area contributed by atoms with E-state index in [0.717, 1.165) is 77.0 Å². The van der Waals surface area contributed by atoms with E-state index in [1.54, 1.807) is 0 Å². The molecule has 3 heterocycles. The molecule has 0 spiro atoms. The highest BCUT2D eigenvalue weighted by Gasteiger charge is 2.46. The molecule has 16 atom stereocenters. The van der Waals surface area contributed by atoms with Crippen LogP contribution in [0.15, 0.2) is 0 Å². The van der Waals surface area contributed by atoms with Crippen molar-refractivity contribution < 1.29 is 151 Å². The molecule has 21 N–H and O–H groups in total. The van der Waals surface area contributed by atoms with Crippen molar-refractivity contribution in [1.82, 2.24) is 26.6 Å². The third-order valence-electron chi connectivity index (χ3n) is 18.5. The van der Waals surface area contributed by atoms with E-state index >= 15 is 0 Å². The van der Waals surface area contributed by atoms with Crippen LogP contribution in [-0.4, -0.2) is 382 Å². The topological polar surface area (TPSA) is 566 Å². The molecular weight excluding hydrogens is 1460 g/mol. The highest BCUT2D eigenvalue weighted by atomic mass is 16.7. The first-order valence-electron chi connectivity index (χ1n) is 39.2. The lowest BCUT2D eigenvalue weighted by Crippen LogP contribution is -2.62. The maximum atomic E-state index is 14.0. The number of amides is 4. The lowest BCUT2D eigenvalue weighted by atomic mass is 9.98. The van der Waals surface area contributed by atoms with Crippen LogP contribution >= 0.6 is 0 Å². The monoisotopic (exact) mass is 1600 g/mol. The summed E-state index contributed by atoms with van der Waals surface area (Å²) in [4.78, 5) is 52.5. The van der Waals surface area contributed by atoms with Gasteiger partial charge in [-0.2, -0.15) is 0 Å². The SMILES string of the molecule is CCCOC1(OCCNC(=O)CCCCCCCCCCC(=O)NC(COCCC(=O)NCCOCCOCCOC2OC(CO)C(O)C(O)C2N)(COCCC(=O)NCCOCCOCCOC2OC(CO)C(O)C(O)C2N)COCCC(O)NCCOCCOCCOC2OC(CO)C(O)C(O)C2N)CCCC1. The molecule has 0 aromatic heterocycles. The van der Waals surface area contributed by atoms with Crippen LogP contribution in [0.25, 0.3) is 0 Å². The summed E-state index contributed by atoms with van der Waals surface area (Å²) in [5.74, 6) is -1.50. The van der Waals surface area contributed by atoms with E-state index in [-0.39, 0.29) is 208 Å². The predicted octanol–water partition coefficient (Wildman–Crippen LogP) is -5.62. The molecule has 39 heteroatoms. The van der Waals surface area contributed by atoms with Gasteiger partial charge in [-0.25, -0.2) is 0 Å². The second-order valence-electron chi connectivity index (χ2n) is 27.6. The maximum absolute atomic E-state index is 14.0. The third kappa shape index (κ3) is 41.0. The fourth-order valence-electron chi connectivity index (χ4n) is 12.1. The minimum atomic E-state index is -1.36. The molecule has 4 rings (SSSR count). The van der Waals surface area contributed by atoms with Crippen LogP contribution in [0, 0.1) is 0 Å². The highest BCUT2D eigenvalue weighted by molar-refractivity contribution is 5.77. The number of unbranched alkanes of at least 4 members (excludes halogenated alkanes) is 7. The van der Waals surface area contributed by atoms with Gasteiger partial charge in [0, 0.05) is 77.7 Å². The van der Waals surface area contributed by atoms with Gasteiger partial charge in [0.1, 0.15) is 66.7 Å². The first-order chi connectivity index (χ1) is 53.2. The van der Waals surface area contributed by atoms with E-state index in [1.165, 1.54) is 0 Å².